The molecule has 0 saturated carbocycles. The highest BCUT2D eigenvalue weighted by atomic mass is 32.1. The number of nitrogens with zero attached hydrogens (tertiary/aromatic N) is 4. The molecule has 0 fully saturated rings. The lowest BCUT2D eigenvalue weighted by atomic mass is 10.3. The maximum atomic E-state index is 12.0. The van der Waals surface area contributed by atoms with Crippen molar-refractivity contribution in [2.75, 3.05) is 5.43 Å². The number of hydrogen-bond donors (Lipinski definition) is 2. The molecular weight excluding hydrogens is 356 g/mol. The van der Waals surface area contributed by atoms with Crippen LogP contribution in [0, 0.1) is 0 Å². The maximum Gasteiger partial charge on any atom is 0.340 e. The summed E-state index contributed by atoms with van der Waals surface area (Å²) in [4.78, 5) is 24.5. The van der Waals surface area contributed by atoms with Gasteiger partial charge in [-0.15, -0.1) is 11.3 Å². The first kappa shape index (κ1) is 16.0. The third-order valence-electron chi connectivity index (χ3n) is 3.30. The average molecular weight is 368 g/mol. The first-order chi connectivity index (χ1) is 12.8. The van der Waals surface area contributed by atoms with E-state index in [0.29, 0.717) is 17.3 Å². The highest BCUT2D eigenvalue weighted by molar-refractivity contribution is 7.13. The number of thiazole rings is 1. The molecule has 26 heavy (non-hydrogen) atoms. The van der Waals surface area contributed by atoms with Gasteiger partial charge in [-0.25, -0.2) is 10.4 Å². The Balaban J connectivity index is 1.32. The fourth-order valence-electron chi connectivity index (χ4n) is 2.13. The molecule has 4 heterocycles. The third kappa shape index (κ3) is 3.59. The van der Waals surface area contributed by atoms with Crippen LogP contribution in [0.25, 0.3) is 22.2 Å². The van der Waals surface area contributed by atoms with Gasteiger partial charge in [0.1, 0.15) is 0 Å². The summed E-state index contributed by atoms with van der Waals surface area (Å²) in [6.45, 7) is 0. The number of carbonyl (C=O) groups excluding carboxylic acids is 1. The molecule has 1 amide bonds. The lowest BCUT2D eigenvalue weighted by Gasteiger charge is -2.02. The zero-order valence-corrected chi connectivity index (χ0v) is 14.1. The van der Waals surface area contributed by atoms with Gasteiger partial charge >= 0.3 is 6.01 Å². The molecule has 0 bridgehead atoms. The van der Waals surface area contributed by atoms with E-state index in [9.17, 15) is 4.79 Å². The van der Waals surface area contributed by atoms with Gasteiger partial charge in [0, 0.05) is 23.3 Å². The predicted octanol–water partition coefficient (Wildman–Crippen LogP) is 2.53. The van der Waals surface area contributed by atoms with Crippen LogP contribution in [0.3, 0.4) is 0 Å². The second kappa shape index (κ2) is 7.15. The molecule has 2 N–H and O–H groups in total. The molecule has 10 heteroatoms. The van der Waals surface area contributed by atoms with E-state index in [1.165, 1.54) is 11.3 Å². The molecule has 0 aliphatic heterocycles. The van der Waals surface area contributed by atoms with Crippen molar-refractivity contribution in [3.05, 3.63) is 54.0 Å². The van der Waals surface area contributed by atoms with E-state index in [1.54, 1.807) is 36.9 Å². The Morgan fingerprint density at radius 2 is 2.08 bits per heavy atom. The fraction of sp³-hybridized carbons (Fsp3) is 0.0625. The van der Waals surface area contributed by atoms with Crippen molar-refractivity contribution in [1.82, 2.24) is 25.5 Å². The van der Waals surface area contributed by atoms with E-state index in [4.69, 9.17) is 8.94 Å². The first-order valence-corrected chi connectivity index (χ1v) is 8.43. The number of furan rings is 1. The zero-order valence-electron chi connectivity index (χ0n) is 13.2. The number of carbonyl (C=O) groups is 1. The minimum Gasteiger partial charge on any atom is -0.462 e. The van der Waals surface area contributed by atoms with Crippen LogP contribution >= 0.6 is 11.3 Å². The normalized spacial score (nSPS) is 10.6. The van der Waals surface area contributed by atoms with Gasteiger partial charge in [0.2, 0.25) is 11.7 Å². The van der Waals surface area contributed by atoms with E-state index in [1.807, 2.05) is 11.4 Å². The number of hydrazine groups is 1. The Labute approximate surface area is 151 Å². The molecule has 0 aliphatic rings. The fourth-order valence-corrected chi connectivity index (χ4v) is 2.91. The van der Waals surface area contributed by atoms with Crippen molar-refractivity contribution in [2.45, 2.75) is 6.42 Å². The summed E-state index contributed by atoms with van der Waals surface area (Å²) in [7, 11) is 0. The number of amides is 1. The van der Waals surface area contributed by atoms with Crippen LogP contribution in [0.2, 0.25) is 0 Å². The Bertz CT molecular complexity index is 996. The monoisotopic (exact) mass is 368 g/mol. The summed E-state index contributed by atoms with van der Waals surface area (Å²) in [5, 5.41) is 6.37. The highest BCUT2D eigenvalue weighted by Gasteiger charge is 2.12. The smallest absolute Gasteiger partial charge is 0.340 e. The Hall–Kier alpha value is -3.53. The molecular formula is C16H12N6O3S. The molecule has 9 nitrogen and oxygen atoms in total. The standard InChI is InChI=1S/C16H12N6O3S/c23-13(8-11-9-26-15(18-11)12-2-1-7-24-12)20-21-16-19-14(22-25-16)10-3-5-17-6-4-10/h1-7,9H,8H2,(H,20,23)(H,19,21,22). The maximum absolute atomic E-state index is 12.0. The van der Waals surface area contributed by atoms with Gasteiger partial charge in [0.15, 0.2) is 10.8 Å². The molecule has 4 aromatic rings. The number of rotatable bonds is 6. The summed E-state index contributed by atoms with van der Waals surface area (Å²) in [6, 6.07) is 7.20. The summed E-state index contributed by atoms with van der Waals surface area (Å²) in [6.07, 6.45) is 4.95. The van der Waals surface area contributed by atoms with Gasteiger partial charge in [-0.2, -0.15) is 4.98 Å². The van der Waals surface area contributed by atoms with Crippen LogP contribution in [0.15, 0.2) is 57.2 Å². The lowest BCUT2D eigenvalue weighted by Crippen LogP contribution is -2.30. The Kier molecular flexibility index (Phi) is 4.39. The number of hydrogen-bond acceptors (Lipinski definition) is 9. The minimum atomic E-state index is -0.287. The quantitative estimate of drug-likeness (QED) is 0.498. The summed E-state index contributed by atoms with van der Waals surface area (Å²) >= 11 is 1.41. The molecule has 0 spiro atoms. The number of pyridine rings is 1. The van der Waals surface area contributed by atoms with Gasteiger partial charge in [0.05, 0.1) is 18.4 Å². The van der Waals surface area contributed by atoms with Crippen molar-refractivity contribution >= 4 is 23.3 Å². The molecule has 0 aliphatic carbocycles. The molecule has 0 radical (unpaired) electrons. The van der Waals surface area contributed by atoms with Crippen LogP contribution in [-0.2, 0) is 11.2 Å². The summed E-state index contributed by atoms with van der Waals surface area (Å²) < 4.78 is 10.3. The summed E-state index contributed by atoms with van der Waals surface area (Å²) in [5.41, 5.74) is 6.49. The average Bonchev–Trinajstić information content (AvgIpc) is 3.41. The van der Waals surface area contributed by atoms with Crippen LogP contribution in [0.1, 0.15) is 5.69 Å². The van der Waals surface area contributed by atoms with E-state index >= 15 is 0 Å². The van der Waals surface area contributed by atoms with Crippen molar-refractivity contribution < 1.29 is 13.7 Å². The summed E-state index contributed by atoms with van der Waals surface area (Å²) in [5.74, 6) is 0.783. The second-order valence-corrected chi connectivity index (χ2v) is 5.99. The van der Waals surface area contributed by atoms with Gasteiger partial charge < -0.3 is 8.94 Å². The van der Waals surface area contributed by atoms with Crippen LogP contribution in [0.5, 0.6) is 0 Å². The number of anilines is 1. The zero-order chi connectivity index (χ0) is 17.8. The molecule has 0 unspecified atom stereocenters. The largest absolute Gasteiger partial charge is 0.462 e. The lowest BCUT2D eigenvalue weighted by molar-refractivity contribution is -0.120. The van der Waals surface area contributed by atoms with E-state index < -0.39 is 0 Å². The van der Waals surface area contributed by atoms with Crippen LogP contribution < -0.4 is 10.9 Å². The number of aromatic nitrogens is 4. The molecule has 4 rings (SSSR count). The minimum absolute atomic E-state index is 0.0831. The SMILES string of the molecule is O=C(Cc1csc(-c2ccco2)n1)NNc1nc(-c2ccncc2)no1. The van der Waals surface area contributed by atoms with E-state index in [2.05, 4.69) is 31.0 Å². The molecule has 4 aromatic heterocycles. The van der Waals surface area contributed by atoms with Crippen molar-refractivity contribution in [1.29, 1.82) is 0 Å². The van der Waals surface area contributed by atoms with E-state index in [0.717, 1.165) is 10.6 Å². The van der Waals surface area contributed by atoms with E-state index in [-0.39, 0.29) is 18.3 Å². The van der Waals surface area contributed by atoms with Crippen molar-refractivity contribution in [3.63, 3.8) is 0 Å². The van der Waals surface area contributed by atoms with Crippen molar-refractivity contribution in [2.24, 2.45) is 0 Å². The first-order valence-electron chi connectivity index (χ1n) is 7.55. The second-order valence-electron chi connectivity index (χ2n) is 5.13. The molecule has 0 atom stereocenters. The third-order valence-corrected chi connectivity index (χ3v) is 4.20. The topological polar surface area (TPSA) is 119 Å². The van der Waals surface area contributed by atoms with Gasteiger partial charge in [0.25, 0.3) is 0 Å². The number of nitrogens with one attached hydrogen (secondary N) is 2. The van der Waals surface area contributed by atoms with Crippen molar-refractivity contribution in [3.8, 4) is 22.2 Å². The predicted molar refractivity (Wildman–Crippen MR) is 92.8 cm³/mol. The van der Waals surface area contributed by atoms with Crippen LogP contribution in [0.4, 0.5) is 6.01 Å². The van der Waals surface area contributed by atoms with Gasteiger partial charge in [-0.1, -0.05) is 5.16 Å². The van der Waals surface area contributed by atoms with Gasteiger partial charge in [-0.3, -0.25) is 15.2 Å². The Morgan fingerprint density at radius 3 is 2.88 bits per heavy atom. The molecule has 0 saturated heterocycles. The Morgan fingerprint density at radius 1 is 1.19 bits per heavy atom. The molecule has 0 aromatic carbocycles. The van der Waals surface area contributed by atoms with Gasteiger partial charge in [-0.05, 0) is 24.3 Å². The molecule has 130 valence electrons. The van der Waals surface area contributed by atoms with Crippen LogP contribution in [-0.4, -0.2) is 26.0 Å². The highest BCUT2D eigenvalue weighted by Crippen LogP contribution is 2.24.